The molecule has 0 fully saturated rings. The molecule has 0 saturated carbocycles. The Hall–Kier alpha value is -2.99. The van der Waals surface area contributed by atoms with E-state index in [0.717, 1.165) is 6.26 Å². The van der Waals surface area contributed by atoms with Crippen LogP contribution in [0.25, 0.3) is 11.3 Å². The highest BCUT2D eigenvalue weighted by Gasteiger charge is 2.36. The van der Waals surface area contributed by atoms with Crippen LogP contribution >= 0.6 is 18.9 Å². The number of nitrogens with one attached hydrogen (secondary N) is 2. The zero-order chi connectivity index (χ0) is 25.5. The molecule has 14 heteroatoms. The van der Waals surface area contributed by atoms with Crippen LogP contribution in [0.2, 0.25) is 0 Å². The third-order valence-electron chi connectivity index (χ3n) is 5.04. The van der Waals surface area contributed by atoms with Crippen LogP contribution in [0.5, 0.6) is 5.75 Å². The Balaban J connectivity index is 1.91. The Morgan fingerprint density at radius 1 is 1.31 bits per heavy atom. The van der Waals surface area contributed by atoms with E-state index in [2.05, 4.69) is 19.9 Å². The number of anilines is 2. The molecular weight excluding hydrogens is 513 g/mol. The molecule has 3 aromatic rings. The van der Waals surface area contributed by atoms with Crippen molar-refractivity contribution >= 4 is 51.4 Å². The molecule has 0 bridgehead atoms. The number of rotatable bonds is 7. The highest BCUT2D eigenvalue weighted by molar-refractivity contribution is 7.92. The van der Waals surface area contributed by atoms with Gasteiger partial charge in [-0.3, -0.25) is 14.1 Å². The number of aromatic nitrogens is 2. The summed E-state index contributed by atoms with van der Waals surface area (Å²) in [4.78, 5) is 13.4. The molecular formula is C21H24N5O6PS2. The first kappa shape index (κ1) is 25.1. The summed E-state index contributed by atoms with van der Waals surface area (Å²) in [6.45, 7) is 4.15. The quantitative estimate of drug-likeness (QED) is 0.389. The predicted octanol–water partition coefficient (Wildman–Crippen LogP) is 3.04. The second-order valence-corrected chi connectivity index (χ2v) is 13.0. The fourth-order valence-electron chi connectivity index (χ4n) is 3.58. The minimum Gasteiger partial charge on any atom is -0.505 e. The Kier molecular flexibility index (Phi) is 6.62. The van der Waals surface area contributed by atoms with Crippen molar-refractivity contribution in [3.05, 3.63) is 50.9 Å². The lowest BCUT2D eigenvalue weighted by Crippen LogP contribution is -2.35. The van der Waals surface area contributed by atoms with Crippen molar-refractivity contribution < 1.29 is 22.6 Å². The van der Waals surface area contributed by atoms with E-state index in [1.807, 2.05) is 19.2 Å². The highest BCUT2D eigenvalue weighted by atomic mass is 32.2. The van der Waals surface area contributed by atoms with Crippen molar-refractivity contribution in [3.8, 4) is 17.0 Å². The molecule has 11 nitrogen and oxygen atoms in total. The van der Waals surface area contributed by atoms with Crippen molar-refractivity contribution in [1.29, 1.82) is 0 Å². The summed E-state index contributed by atoms with van der Waals surface area (Å²) in [5.41, 5.74) is 0.481. The molecule has 1 aromatic carbocycles. The van der Waals surface area contributed by atoms with E-state index in [4.69, 9.17) is 4.52 Å². The average molecular weight is 538 g/mol. The van der Waals surface area contributed by atoms with Gasteiger partial charge < -0.3 is 14.9 Å². The minimum absolute atomic E-state index is 0.0840. The largest absolute Gasteiger partial charge is 0.505 e. The lowest BCUT2D eigenvalue weighted by molar-refractivity contribution is 0.404. The number of sulfonamides is 1. The van der Waals surface area contributed by atoms with Gasteiger partial charge in [0.2, 0.25) is 10.0 Å². The van der Waals surface area contributed by atoms with Gasteiger partial charge in [0.1, 0.15) is 11.3 Å². The maximum Gasteiger partial charge on any atom is 0.348 e. The number of benzene rings is 1. The summed E-state index contributed by atoms with van der Waals surface area (Å²) >= 11 is 1.41. The Labute approximate surface area is 206 Å². The average Bonchev–Trinajstić information content (AvgIpc) is 3.29. The van der Waals surface area contributed by atoms with E-state index >= 15 is 0 Å². The predicted molar refractivity (Wildman–Crippen MR) is 138 cm³/mol. The number of amidine groups is 1. The summed E-state index contributed by atoms with van der Waals surface area (Å²) in [6, 6.07) is 6.08. The lowest BCUT2D eigenvalue weighted by Gasteiger charge is -2.25. The first-order chi connectivity index (χ1) is 16.4. The van der Waals surface area contributed by atoms with Crippen LogP contribution in [0.3, 0.4) is 0 Å². The van der Waals surface area contributed by atoms with E-state index in [9.17, 15) is 22.9 Å². The van der Waals surface area contributed by atoms with E-state index < -0.39 is 28.9 Å². The SMILES string of the molecule is COP1(=O)N=C(c2c(O)c(-c3ccsc3)nn(CC(C)C)c2=O)Nc2ccc(NS(C)(=O)=O)cc21. The summed E-state index contributed by atoms with van der Waals surface area (Å²) in [7, 11) is -6.31. The lowest BCUT2D eigenvalue weighted by atomic mass is 10.1. The normalized spacial score (nSPS) is 17.6. The molecule has 4 rings (SSSR count). The third-order valence-corrected chi connectivity index (χ3v) is 8.26. The molecule has 1 atom stereocenters. The van der Waals surface area contributed by atoms with Gasteiger partial charge in [0, 0.05) is 30.3 Å². The summed E-state index contributed by atoms with van der Waals surface area (Å²) in [5.74, 6) is -0.452. The van der Waals surface area contributed by atoms with Crippen LogP contribution in [0.1, 0.15) is 19.4 Å². The molecule has 1 aliphatic rings. The molecule has 0 spiro atoms. The number of aromatic hydroxyl groups is 1. The summed E-state index contributed by atoms with van der Waals surface area (Å²) < 4.78 is 50.0. The highest BCUT2D eigenvalue weighted by Crippen LogP contribution is 2.52. The molecule has 0 amide bonds. The minimum atomic E-state index is -3.94. The molecule has 2 aromatic heterocycles. The van der Waals surface area contributed by atoms with Crippen LogP contribution in [-0.2, 0) is 25.7 Å². The van der Waals surface area contributed by atoms with Gasteiger partial charge in [-0.25, -0.2) is 13.1 Å². The fourth-order valence-corrected chi connectivity index (χ4v) is 6.31. The van der Waals surface area contributed by atoms with Crippen LogP contribution < -0.4 is 20.9 Å². The van der Waals surface area contributed by atoms with E-state index in [1.165, 1.54) is 41.3 Å². The Bertz CT molecular complexity index is 1530. The van der Waals surface area contributed by atoms with Crippen LogP contribution in [0.15, 0.2) is 44.6 Å². The Morgan fingerprint density at radius 2 is 2.06 bits per heavy atom. The molecule has 3 heterocycles. The van der Waals surface area contributed by atoms with Crippen LogP contribution in [-0.4, -0.2) is 42.5 Å². The van der Waals surface area contributed by atoms with Gasteiger partial charge in [-0.1, -0.05) is 13.8 Å². The fraction of sp³-hybridized carbons (Fsp3) is 0.286. The zero-order valence-electron chi connectivity index (χ0n) is 19.3. The van der Waals surface area contributed by atoms with Gasteiger partial charge in [0.25, 0.3) is 5.56 Å². The number of fused-ring (bicyclic) bond motifs is 1. The van der Waals surface area contributed by atoms with Crippen molar-refractivity contribution in [3.63, 3.8) is 0 Å². The monoisotopic (exact) mass is 537 g/mol. The van der Waals surface area contributed by atoms with Gasteiger partial charge in [0.15, 0.2) is 11.6 Å². The molecule has 0 saturated heterocycles. The molecule has 0 aliphatic carbocycles. The molecule has 35 heavy (non-hydrogen) atoms. The topological polar surface area (TPSA) is 152 Å². The third kappa shape index (κ3) is 5.03. The summed E-state index contributed by atoms with van der Waals surface area (Å²) in [6.07, 6.45) is 0.996. The maximum absolute atomic E-state index is 13.7. The van der Waals surface area contributed by atoms with E-state index in [-0.39, 0.29) is 40.5 Å². The zero-order valence-corrected chi connectivity index (χ0v) is 21.9. The Morgan fingerprint density at radius 3 is 2.66 bits per heavy atom. The van der Waals surface area contributed by atoms with Crippen molar-refractivity contribution in [1.82, 2.24) is 9.78 Å². The van der Waals surface area contributed by atoms with Gasteiger partial charge in [0.05, 0.1) is 17.2 Å². The van der Waals surface area contributed by atoms with Crippen LogP contribution in [0, 0.1) is 5.92 Å². The van der Waals surface area contributed by atoms with Gasteiger partial charge in [-0.2, -0.15) is 21.2 Å². The number of hydrogen-bond donors (Lipinski definition) is 3. The van der Waals surface area contributed by atoms with Crippen molar-refractivity contribution in [2.24, 2.45) is 10.7 Å². The molecule has 1 aliphatic heterocycles. The van der Waals surface area contributed by atoms with Gasteiger partial charge >= 0.3 is 7.52 Å². The molecule has 1 unspecified atom stereocenters. The number of thiophene rings is 1. The van der Waals surface area contributed by atoms with Crippen LogP contribution in [0.4, 0.5) is 11.4 Å². The summed E-state index contributed by atoms with van der Waals surface area (Å²) in [5, 5.41) is 22.2. The standard InChI is InChI=1S/C21H24N5O6PS2/c1-12(2)10-26-21(28)17(19(27)18(23-26)13-7-8-34-11-13)20-22-15-6-5-14(25-35(4,30)31)9-16(15)33(29,24-20)32-3/h5-9,11-12,25,27H,10H2,1-4H3,(H,22,24,29). The molecule has 186 valence electrons. The van der Waals surface area contributed by atoms with E-state index in [1.54, 1.807) is 11.4 Å². The first-order valence-corrected chi connectivity index (χ1v) is 14.9. The first-order valence-electron chi connectivity index (χ1n) is 10.4. The molecule has 0 radical (unpaired) electrons. The second-order valence-electron chi connectivity index (χ2n) is 8.35. The van der Waals surface area contributed by atoms with Crippen molar-refractivity contribution in [2.45, 2.75) is 20.4 Å². The van der Waals surface area contributed by atoms with Gasteiger partial charge in [-0.05, 0) is 35.6 Å². The smallest absolute Gasteiger partial charge is 0.348 e. The van der Waals surface area contributed by atoms with Crippen molar-refractivity contribution in [2.75, 3.05) is 23.4 Å². The van der Waals surface area contributed by atoms with E-state index in [0.29, 0.717) is 11.3 Å². The number of nitrogens with zero attached hydrogens (tertiary/aromatic N) is 3. The maximum atomic E-state index is 13.7. The molecule has 3 N–H and O–H groups in total. The van der Waals surface area contributed by atoms with Gasteiger partial charge in [-0.15, -0.1) is 0 Å². The second kappa shape index (κ2) is 9.23. The number of hydrogen-bond acceptors (Lipinski definition) is 9.